The van der Waals surface area contributed by atoms with Crippen LogP contribution in [0.4, 0.5) is 5.69 Å². The Morgan fingerprint density at radius 2 is 1.79 bits per heavy atom. The molecule has 1 amide bonds. The van der Waals surface area contributed by atoms with E-state index in [9.17, 15) is 13.2 Å². The molecular weight excluding hydrogens is 412 g/mol. The average Bonchev–Trinajstić information content (AvgIpc) is 2.65. The van der Waals surface area contributed by atoms with Crippen molar-refractivity contribution in [2.45, 2.75) is 26.3 Å². The number of nitrogens with zero attached hydrogens (tertiary/aromatic N) is 1. The van der Waals surface area contributed by atoms with Crippen molar-refractivity contribution in [3.8, 4) is 5.75 Å². The van der Waals surface area contributed by atoms with E-state index in [0.29, 0.717) is 17.2 Å². The van der Waals surface area contributed by atoms with Gasteiger partial charge in [0, 0.05) is 7.05 Å². The summed E-state index contributed by atoms with van der Waals surface area (Å²) in [5, 5.41) is 3.23. The highest BCUT2D eigenvalue weighted by Crippen LogP contribution is 2.27. The summed E-state index contributed by atoms with van der Waals surface area (Å²) in [5.41, 5.74) is 1.65. The number of carbonyl (C=O) groups excluding carboxylic acids is 1. The van der Waals surface area contributed by atoms with Crippen molar-refractivity contribution in [1.82, 2.24) is 5.32 Å². The zero-order valence-corrected chi connectivity index (χ0v) is 18.8. The van der Waals surface area contributed by atoms with E-state index in [1.165, 1.54) is 19.2 Å². The van der Waals surface area contributed by atoms with Crippen LogP contribution in [0.2, 0.25) is 5.02 Å². The van der Waals surface area contributed by atoms with Crippen LogP contribution in [0.5, 0.6) is 5.75 Å². The fraction of sp³-hybridized carbons (Fsp3) is 0.381. The monoisotopic (exact) mass is 438 g/mol. The first-order chi connectivity index (χ1) is 13.5. The standard InChI is InChI=1S/C21H27ClN2O4S/c1-14(2)12-20(15-6-9-17(28-4)10-7-15)23-21(25)18-11-8-16(13-19(18)22)24(3)29(5,26)27/h6-11,13-14,20H,12H2,1-5H3,(H,23,25). The molecule has 0 saturated heterocycles. The molecule has 6 nitrogen and oxygen atoms in total. The van der Waals surface area contributed by atoms with Crippen LogP contribution in [-0.4, -0.2) is 34.7 Å². The lowest BCUT2D eigenvalue weighted by molar-refractivity contribution is 0.0932. The fourth-order valence-electron chi connectivity index (χ4n) is 2.90. The van der Waals surface area contributed by atoms with E-state index in [1.54, 1.807) is 13.2 Å². The Hall–Kier alpha value is -2.25. The Morgan fingerprint density at radius 1 is 1.17 bits per heavy atom. The highest BCUT2D eigenvalue weighted by molar-refractivity contribution is 7.92. The Bertz CT molecular complexity index is 959. The summed E-state index contributed by atoms with van der Waals surface area (Å²) >= 11 is 6.29. The zero-order valence-electron chi connectivity index (χ0n) is 17.3. The third kappa shape index (κ3) is 6.11. The molecule has 0 aliphatic carbocycles. The minimum absolute atomic E-state index is 0.188. The second kappa shape index (κ2) is 9.50. The summed E-state index contributed by atoms with van der Waals surface area (Å²) in [6, 6.07) is 12.0. The molecule has 0 heterocycles. The van der Waals surface area contributed by atoms with Crippen molar-refractivity contribution in [2.24, 2.45) is 5.92 Å². The number of amides is 1. The summed E-state index contributed by atoms with van der Waals surface area (Å²) in [6.07, 6.45) is 1.86. The Balaban J connectivity index is 2.26. The molecule has 2 aromatic rings. The van der Waals surface area contributed by atoms with Gasteiger partial charge in [0.1, 0.15) is 5.75 Å². The van der Waals surface area contributed by atoms with Gasteiger partial charge in [-0.1, -0.05) is 37.6 Å². The van der Waals surface area contributed by atoms with Crippen LogP contribution in [0.25, 0.3) is 0 Å². The third-order valence-electron chi connectivity index (χ3n) is 4.59. The van der Waals surface area contributed by atoms with Gasteiger partial charge in [0.25, 0.3) is 5.91 Å². The number of hydrogen-bond donors (Lipinski definition) is 1. The number of anilines is 1. The molecule has 0 aliphatic heterocycles. The van der Waals surface area contributed by atoms with Crippen LogP contribution in [0.1, 0.15) is 42.2 Å². The molecule has 0 saturated carbocycles. The Labute approximate surface area is 177 Å². The van der Waals surface area contributed by atoms with E-state index < -0.39 is 10.0 Å². The van der Waals surface area contributed by atoms with Gasteiger partial charge in [-0.15, -0.1) is 0 Å². The van der Waals surface area contributed by atoms with Gasteiger partial charge in [-0.2, -0.15) is 0 Å². The number of hydrogen-bond acceptors (Lipinski definition) is 4. The molecule has 1 unspecified atom stereocenters. The van der Waals surface area contributed by atoms with Gasteiger partial charge in [-0.3, -0.25) is 9.10 Å². The van der Waals surface area contributed by atoms with E-state index in [0.717, 1.165) is 28.3 Å². The van der Waals surface area contributed by atoms with Crippen LogP contribution in [0.15, 0.2) is 42.5 Å². The topological polar surface area (TPSA) is 75.7 Å². The molecule has 0 radical (unpaired) electrons. The lowest BCUT2D eigenvalue weighted by Gasteiger charge is -2.22. The van der Waals surface area contributed by atoms with Gasteiger partial charge in [-0.25, -0.2) is 8.42 Å². The number of halogens is 1. The molecule has 2 aromatic carbocycles. The lowest BCUT2D eigenvalue weighted by atomic mass is 9.96. The highest BCUT2D eigenvalue weighted by Gasteiger charge is 2.20. The van der Waals surface area contributed by atoms with Crippen molar-refractivity contribution in [3.63, 3.8) is 0 Å². The molecule has 0 aliphatic rings. The summed E-state index contributed by atoms with van der Waals surface area (Å²) in [4.78, 5) is 12.9. The first-order valence-electron chi connectivity index (χ1n) is 9.21. The molecule has 29 heavy (non-hydrogen) atoms. The van der Waals surface area contributed by atoms with Crippen molar-refractivity contribution < 1.29 is 17.9 Å². The van der Waals surface area contributed by atoms with Crippen molar-refractivity contribution in [1.29, 1.82) is 0 Å². The maximum atomic E-state index is 12.9. The molecule has 8 heteroatoms. The van der Waals surface area contributed by atoms with Gasteiger partial charge in [0.15, 0.2) is 0 Å². The molecule has 158 valence electrons. The minimum atomic E-state index is -3.42. The lowest BCUT2D eigenvalue weighted by Crippen LogP contribution is -2.30. The Morgan fingerprint density at radius 3 is 2.28 bits per heavy atom. The van der Waals surface area contributed by atoms with Gasteiger partial charge in [0.2, 0.25) is 10.0 Å². The van der Waals surface area contributed by atoms with E-state index in [2.05, 4.69) is 19.2 Å². The van der Waals surface area contributed by atoms with Crippen LogP contribution in [0.3, 0.4) is 0 Å². The molecule has 1 N–H and O–H groups in total. The first kappa shape index (κ1) is 23.0. The third-order valence-corrected chi connectivity index (χ3v) is 6.11. The van der Waals surface area contributed by atoms with Gasteiger partial charge >= 0.3 is 0 Å². The number of rotatable bonds is 8. The van der Waals surface area contributed by atoms with Crippen LogP contribution in [0, 0.1) is 5.92 Å². The number of nitrogens with one attached hydrogen (secondary N) is 1. The van der Waals surface area contributed by atoms with E-state index in [4.69, 9.17) is 16.3 Å². The number of sulfonamides is 1. The van der Waals surface area contributed by atoms with Crippen LogP contribution >= 0.6 is 11.6 Å². The summed E-state index contributed by atoms with van der Waals surface area (Å²) < 4.78 is 29.7. The van der Waals surface area contributed by atoms with Gasteiger partial charge in [0.05, 0.1) is 35.7 Å². The maximum absolute atomic E-state index is 12.9. The Kier molecular flexibility index (Phi) is 7.54. The highest BCUT2D eigenvalue weighted by atomic mass is 35.5. The molecule has 0 bridgehead atoms. The molecular formula is C21H27ClN2O4S. The molecule has 1 atom stereocenters. The number of carbonyl (C=O) groups is 1. The van der Waals surface area contributed by atoms with E-state index >= 15 is 0 Å². The second-order valence-electron chi connectivity index (χ2n) is 7.32. The quantitative estimate of drug-likeness (QED) is 0.668. The zero-order chi connectivity index (χ0) is 21.8. The van der Waals surface area contributed by atoms with Crippen molar-refractivity contribution in [2.75, 3.05) is 24.7 Å². The van der Waals surface area contributed by atoms with Crippen LogP contribution in [-0.2, 0) is 10.0 Å². The predicted octanol–water partition coefficient (Wildman–Crippen LogP) is 4.26. The van der Waals surface area contributed by atoms with E-state index in [1.807, 2.05) is 24.3 Å². The molecule has 0 aromatic heterocycles. The van der Waals surface area contributed by atoms with Gasteiger partial charge in [-0.05, 0) is 48.2 Å². The number of methoxy groups -OCH3 is 1. The van der Waals surface area contributed by atoms with Gasteiger partial charge < -0.3 is 10.1 Å². The summed E-state index contributed by atoms with van der Waals surface area (Å²) in [6.45, 7) is 4.18. The van der Waals surface area contributed by atoms with Crippen LogP contribution < -0.4 is 14.4 Å². The maximum Gasteiger partial charge on any atom is 0.253 e. The van der Waals surface area contributed by atoms with Crippen molar-refractivity contribution in [3.05, 3.63) is 58.6 Å². The largest absolute Gasteiger partial charge is 0.497 e. The molecule has 2 rings (SSSR count). The summed E-state index contributed by atoms with van der Waals surface area (Å²) in [7, 11) is -0.376. The first-order valence-corrected chi connectivity index (χ1v) is 11.4. The summed E-state index contributed by atoms with van der Waals surface area (Å²) in [5.74, 6) is 0.797. The number of ether oxygens (including phenoxy) is 1. The molecule has 0 spiro atoms. The van der Waals surface area contributed by atoms with Crippen molar-refractivity contribution >= 4 is 33.2 Å². The normalized spacial score (nSPS) is 12.5. The SMILES string of the molecule is COc1ccc(C(CC(C)C)NC(=O)c2ccc(N(C)S(C)(=O)=O)cc2Cl)cc1. The smallest absolute Gasteiger partial charge is 0.253 e. The average molecular weight is 439 g/mol. The predicted molar refractivity (Wildman–Crippen MR) is 117 cm³/mol. The van der Waals surface area contributed by atoms with E-state index in [-0.39, 0.29) is 17.0 Å². The fourth-order valence-corrected chi connectivity index (χ4v) is 3.65. The number of benzene rings is 2. The minimum Gasteiger partial charge on any atom is -0.497 e. The second-order valence-corrected chi connectivity index (χ2v) is 9.74. The molecule has 0 fully saturated rings.